The highest BCUT2D eigenvalue weighted by Crippen LogP contribution is 2.30. The molecule has 160 valence electrons. The Bertz CT molecular complexity index is 750. The number of nitrogens with zero attached hydrogens (tertiary/aromatic N) is 2. The molecule has 1 aromatic heterocycles. The van der Waals surface area contributed by atoms with Gasteiger partial charge in [-0.3, -0.25) is 4.99 Å². The van der Waals surface area contributed by atoms with Gasteiger partial charge in [-0.15, -0.1) is 11.3 Å². The van der Waals surface area contributed by atoms with Crippen molar-refractivity contribution in [2.45, 2.75) is 39.0 Å². The van der Waals surface area contributed by atoms with Crippen LogP contribution in [0.2, 0.25) is 0 Å². The highest BCUT2D eigenvalue weighted by atomic mass is 32.1. The standard InChI is InChI=1S/C20H27F3N4OS/c1-3-24-19(26-12-10-18-27-17(14-29-18)20(21,22)23)25-11-7-13-28-15(2)16-8-5-4-6-9-16/h4-6,8-9,14-15H,3,7,10-13H2,1-2H3,(H2,24,25,26). The number of rotatable bonds is 10. The summed E-state index contributed by atoms with van der Waals surface area (Å²) in [4.78, 5) is 8.11. The molecule has 2 rings (SSSR count). The van der Waals surface area contributed by atoms with E-state index in [1.807, 2.05) is 44.2 Å². The van der Waals surface area contributed by atoms with E-state index in [4.69, 9.17) is 4.74 Å². The van der Waals surface area contributed by atoms with E-state index in [2.05, 4.69) is 20.6 Å². The molecule has 0 radical (unpaired) electrons. The Hall–Kier alpha value is -2.13. The number of aromatic nitrogens is 1. The van der Waals surface area contributed by atoms with Gasteiger partial charge in [0.05, 0.1) is 11.1 Å². The lowest BCUT2D eigenvalue weighted by Gasteiger charge is -2.13. The van der Waals surface area contributed by atoms with Gasteiger partial charge in [0.1, 0.15) is 0 Å². The van der Waals surface area contributed by atoms with E-state index in [9.17, 15) is 13.2 Å². The fraction of sp³-hybridized carbons (Fsp3) is 0.500. The molecule has 0 spiro atoms. The molecule has 1 heterocycles. The van der Waals surface area contributed by atoms with E-state index in [1.165, 1.54) is 0 Å². The molecule has 9 heteroatoms. The summed E-state index contributed by atoms with van der Waals surface area (Å²) in [7, 11) is 0. The van der Waals surface area contributed by atoms with Crippen molar-refractivity contribution in [3.8, 4) is 0 Å². The van der Waals surface area contributed by atoms with E-state index >= 15 is 0 Å². The molecular weight excluding hydrogens is 401 g/mol. The molecular formula is C20H27F3N4OS. The highest BCUT2D eigenvalue weighted by molar-refractivity contribution is 7.09. The molecule has 0 amide bonds. The number of ether oxygens (including phenoxy) is 1. The first-order chi connectivity index (χ1) is 13.9. The fourth-order valence-electron chi connectivity index (χ4n) is 2.52. The number of benzene rings is 1. The Labute approximate surface area is 173 Å². The van der Waals surface area contributed by atoms with Gasteiger partial charge >= 0.3 is 6.18 Å². The molecule has 1 atom stereocenters. The van der Waals surface area contributed by atoms with Crippen LogP contribution in [0.1, 0.15) is 42.6 Å². The normalized spacial score (nSPS) is 13.3. The maximum Gasteiger partial charge on any atom is 0.434 e. The van der Waals surface area contributed by atoms with Crippen LogP contribution in [-0.4, -0.2) is 37.2 Å². The third-order valence-electron chi connectivity index (χ3n) is 4.03. The first kappa shape index (κ1) is 23.2. The summed E-state index contributed by atoms with van der Waals surface area (Å²) in [6, 6.07) is 10.0. The molecule has 0 aliphatic rings. The predicted molar refractivity (Wildman–Crippen MR) is 110 cm³/mol. The van der Waals surface area contributed by atoms with Crippen molar-refractivity contribution in [1.29, 1.82) is 0 Å². The van der Waals surface area contributed by atoms with Crippen molar-refractivity contribution in [3.63, 3.8) is 0 Å². The first-order valence-electron chi connectivity index (χ1n) is 9.60. The van der Waals surface area contributed by atoms with Crippen LogP contribution in [0.4, 0.5) is 13.2 Å². The van der Waals surface area contributed by atoms with Crippen LogP contribution < -0.4 is 10.6 Å². The lowest BCUT2D eigenvalue weighted by molar-refractivity contribution is -0.140. The summed E-state index contributed by atoms with van der Waals surface area (Å²) >= 11 is 1.02. The number of guanidine groups is 1. The monoisotopic (exact) mass is 428 g/mol. The molecule has 2 N–H and O–H groups in total. The average Bonchev–Trinajstić information content (AvgIpc) is 3.17. The summed E-state index contributed by atoms with van der Waals surface area (Å²) in [5, 5.41) is 7.75. The van der Waals surface area contributed by atoms with Gasteiger partial charge in [-0.1, -0.05) is 30.3 Å². The van der Waals surface area contributed by atoms with Crippen molar-refractivity contribution < 1.29 is 17.9 Å². The minimum atomic E-state index is -4.39. The maximum absolute atomic E-state index is 12.6. The molecule has 5 nitrogen and oxygen atoms in total. The summed E-state index contributed by atoms with van der Waals surface area (Å²) in [6.45, 7) is 6.32. The zero-order valence-electron chi connectivity index (χ0n) is 16.6. The average molecular weight is 429 g/mol. The van der Waals surface area contributed by atoms with Crippen molar-refractivity contribution in [3.05, 3.63) is 52.0 Å². The minimum Gasteiger partial charge on any atom is -0.374 e. The summed E-state index contributed by atoms with van der Waals surface area (Å²) in [6.07, 6.45) is -3.18. The van der Waals surface area contributed by atoms with Gasteiger partial charge in [0.15, 0.2) is 11.7 Å². The molecule has 1 aromatic carbocycles. The summed E-state index contributed by atoms with van der Waals surface area (Å²) in [5.74, 6) is 0.635. The SMILES string of the molecule is CCNC(=NCCCOC(C)c1ccccc1)NCCc1nc(C(F)(F)F)cs1. The zero-order chi connectivity index (χ0) is 21.1. The number of nitrogens with one attached hydrogen (secondary N) is 2. The number of halogens is 3. The first-order valence-corrected chi connectivity index (χ1v) is 10.5. The zero-order valence-corrected chi connectivity index (χ0v) is 17.4. The Morgan fingerprint density at radius 3 is 2.66 bits per heavy atom. The number of hydrogen-bond donors (Lipinski definition) is 2. The highest BCUT2D eigenvalue weighted by Gasteiger charge is 2.33. The van der Waals surface area contributed by atoms with E-state index in [0.29, 0.717) is 43.6 Å². The van der Waals surface area contributed by atoms with Gasteiger partial charge in [-0.2, -0.15) is 13.2 Å². The predicted octanol–water partition coefficient (Wildman–Crippen LogP) is 4.43. The van der Waals surface area contributed by atoms with Crippen molar-refractivity contribution in [1.82, 2.24) is 15.6 Å². The minimum absolute atomic E-state index is 0.0337. The summed E-state index contributed by atoms with van der Waals surface area (Å²) < 4.78 is 43.6. The molecule has 0 fully saturated rings. The number of hydrogen-bond acceptors (Lipinski definition) is 4. The summed E-state index contributed by atoms with van der Waals surface area (Å²) in [5.41, 5.74) is 0.310. The van der Waals surface area contributed by atoms with E-state index in [0.717, 1.165) is 28.7 Å². The lowest BCUT2D eigenvalue weighted by atomic mass is 10.1. The second-order valence-electron chi connectivity index (χ2n) is 6.34. The van der Waals surface area contributed by atoms with Crippen LogP contribution in [-0.2, 0) is 17.3 Å². The lowest BCUT2D eigenvalue weighted by Crippen LogP contribution is -2.38. The topological polar surface area (TPSA) is 58.5 Å². The van der Waals surface area contributed by atoms with Crippen LogP contribution in [0.25, 0.3) is 0 Å². The molecule has 29 heavy (non-hydrogen) atoms. The molecule has 0 aliphatic carbocycles. The van der Waals surface area contributed by atoms with Gasteiger partial charge < -0.3 is 15.4 Å². The third kappa shape index (κ3) is 8.41. The van der Waals surface area contributed by atoms with Gasteiger partial charge in [-0.05, 0) is 25.8 Å². The molecule has 1 unspecified atom stereocenters. The van der Waals surface area contributed by atoms with Gasteiger partial charge in [0, 0.05) is 38.0 Å². The molecule has 0 aliphatic heterocycles. The Morgan fingerprint density at radius 2 is 2.00 bits per heavy atom. The van der Waals surface area contributed by atoms with Crippen LogP contribution >= 0.6 is 11.3 Å². The van der Waals surface area contributed by atoms with E-state index < -0.39 is 11.9 Å². The fourth-order valence-corrected chi connectivity index (χ4v) is 3.33. The number of alkyl halides is 3. The van der Waals surface area contributed by atoms with Crippen molar-refractivity contribution in [2.24, 2.45) is 4.99 Å². The quantitative estimate of drug-likeness (QED) is 0.334. The molecule has 2 aromatic rings. The Kier molecular flexibility index (Phi) is 9.40. The van der Waals surface area contributed by atoms with Gasteiger partial charge in [0.25, 0.3) is 0 Å². The largest absolute Gasteiger partial charge is 0.434 e. The Morgan fingerprint density at radius 1 is 1.24 bits per heavy atom. The van der Waals surface area contributed by atoms with Gasteiger partial charge in [-0.25, -0.2) is 4.98 Å². The van der Waals surface area contributed by atoms with Crippen LogP contribution in [0.15, 0.2) is 40.7 Å². The number of thiazole rings is 1. The molecule has 0 bridgehead atoms. The van der Waals surface area contributed by atoms with Crippen LogP contribution in [0.5, 0.6) is 0 Å². The second-order valence-corrected chi connectivity index (χ2v) is 7.28. The van der Waals surface area contributed by atoms with Gasteiger partial charge in [0.2, 0.25) is 0 Å². The van der Waals surface area contributed by atoms with Crippen molar-refractivity contribution >= 4 is 17.3 Å². The second kappa shape index (κ2) is 11.8. The Balaban J connectivity index is 1.70. The number of aliphatic imine (C=N–C) groups is 1. The van der Waals surface area contributed by atoms with Crippen LogP contribution in [0.3, 0.4) is 0 Å². The van der Waals surface area contributed by atoms with E-state index in [-0.39, 0.29) is 6.10 Å². The molecule has 0 saturated heterocycles. The van der Waals surface area contributed by atoms with Crippen molar-refractivity contribution in [2.75, 3.05) is 26.2 Å². The van der Waals surface area contributed by atoms with E-state index in [1.54, 1.807) is 0 Å². The third-order valence-corrected chi connectivity index (χ3v) is 4.94. The smallest absolute Gasteiger partial charge is 0.374 e. The maximum atomic E-state index is 12.6. The van der Waals surface area contributed by atoms with Crippen LogP contribution in [0, 0.1) is 0 Å². The molecule has 0 saturated carbocycles.